The third kappa shape index (κ3) is 3.27. The number of rotatable bonds is 5. The van der Waals surface area contributed by atoms with Gasteiger partial charge < -0.3 is 11.1 Å². The summed E-state index contributed by atoms with van der Waals surface area (Å²) in [6, 6.07) is 8.20. The van der Waals surface area contributed by atoms with E-state index in [0.717, 1.165) is 17.8 Å². The minimum atomic E-state index is 0.284. The zero-order valence-electron chi connectivity index (χ0n) is 10.1. The van der Waals surface area contributed by atoms with E-state index in [4.69, 9.17) is 18.0 Å². The molecule has 0 saturated heterocycles. The largest absolute Gasteiger partial charge is 0.389 e. The Balaban J connectivity index is 2.07. The maximum Gasteiger partial charge on any atom is 0.136 e. The zero-order valence-corrected chi connectivity index (χ0v) is 11.7. The van der Waals surface area contributed by atoms with Gasteiger partial charge in [-0.25, -0.2) is 4.98 Å². The summed E-state index contributed by atoms with van der Waals surface area (Å²) in [4.78, 5) is 6.01. The SMILES string of the molecule is CC(Cc1cccs1)Nc1ncccc1C(N)=S. The number of thiophene rings is 1. The van der Waals surface area contributed by atoms with E-state index in [9.17, 15) is 0 Å². The highest BCUT2D eigenvalue weighted by atomic mass is 32.1. The Morgan fingerprint density at radius 1 is 1.50 bits per heavy atom. The molecule has 0 spiro atoms. The van der Waals surface area contributed by atoms with Crippen molar-refractivity contribution >= 4 is 34.4 Å². The van der Waals surface area contributed by atoms with E-state index < -0.39 is 0 Å². The van der Waals surface area contributed by atoms with Gasteiger partial charge in [0.1, 0.15) is 10.8 Å². The second kappa shape index (κ2) is 5.93. The van der Waals surface area contributed by atoms with Gasteiger partial charge in [0, 0.05) is 23.5 Å². The van der Waals surface area contributed by atoms with E-state index in [-0.39, 0.29) is 6.04 Å². The molecule has 1 unspecified atom stereocenters. The Morgan fingerprint density at radius 3 is 3.00 bits per heavy atom. The fraction of sp³-hybridized carbons (Fsp3) is 0.231. The van der Waals surface area contributed by atoms with Gasteiger partial charge in [0.05, 0.1) is 5.56 Å². The number of pyridine rings is 1. The van der Waals surface area contributed by atoms with Gasteiger partial charge in [-0.15, -0.1) is 11.3 Å². The molecule has 2 aromatic heterocycles. The summed E-state index contributed by atoms with van der Waals surface area (Å²) in [7, 11) is 0. The Kier molecular flexibility index (Phi) is 4.28. The van der Waals surface area contributed by atoms with Crippen LogP contribution in [0.5, 0.6) is 0 Å². The lowest BCUT2D eigenvalue weighted by molar-refractivity contribution is 0.794. The van der Waals surface area contributed by atoms with E-state index in [0.29, 0.717) is 4.99 Å². The van der Waals surface area contributed by atoms with Crippen LogP contribution in [-0.4, -0.2) is 16.0 Å². The van der Waals surface area contributed by atoms with E-state index in [1.807, 2.05) is 12.1 Å². The fourth-order valence-corrected chi connectivity index (χ4v) is 2.73. The molecule has 0 aliphatic carbocycles. The second-order valence-corrected chi connectivity index (χ2v) is 5.56. The van der Waals surface area contributed by atoms with Crippen LogP contribution in [0.1, 0.15) is 17.4 Å². The monoisotopic (exact) mass is 277 g/mol. The molecule has 0 aliphatic heterocycles. The van der Waals surface area contributed by atoms with Crippen molar-refractivity contribution in [1.29, 1.82) is 0 Å². The van der Waals surface area contributed by atoms with E-state index >= 15 is 0 Å². The molecular formula is C13H15N3S2. The molecule has 0 bridgehead atoms. The van der Waals surface area contributed by atoms with E-state index in [2.05, 4.69) is 34.7 Å². The number of nitrogens with two attached hydrogens (primary N) is 1. The van der Waals surface area contributed by atoms with Gasteiger partial charge >= 0.3 is 0 Å². The van der Waals surface area contributed by atoms with Crippen LogP contribution in [0.15, 0.2) is 35.8 Å². The molecule has 1 atom stereocenters. The molecule has 2 heterocycles. The summed E-state index contributed by atoms with van der Waals surface area (Å²) in [5.74, 6) is 0.758. The lowest BCUT2D eigenvalue weighted by Gasteiger charge is -2.15. The zero-order chi connectivity index (χ0) is 13.0. The molecule has 94 valence electrons. The van der Waals surface area contributed by atoms with Crippen molar-refractivity contribution in [3.8, 4) is 0 Å². The standard InChI is InChI=1S/C13H15N3S2/c1-9(8-10-4-3-7-18-10)16-13-11(12(14)17)5-2-6-15-13/h2-7,9H,8H2,1H3,(H2,14,17)(H,15,16). The molecular weight excluding hydrogens is 262 g/mol. The number of nitrogens with one attached hydrogen (secondary N) is 1. The van der Waals surface area contributed by atoms with Gasteiger partial charge in [0.25, 0.3) is 0 Å². The summed E-state index contributed by atoms with van der Waals surface area (Å²) >= 11 is 6.78. The highest BCUT2D eigenvalue weighted by Gasteiger charge is 2.10. The molecule has 0 amide bonds. The molecule has 0 saturated carbocycles. The quantitative estimate of drug-likeness (QED) is 0.825. The van der Waals surface area contributed by atoms with Gasteiger partial charge in [0.15, 0.2) is 0 Å². The molecule has 0 aromatic carbocycles. The van der Waals surface area contributed by atoms with Crippen molar-refractivity contribution in [2.24, 2.45) is 5.73 Å². The molecule has 18 heavy (non-hydrogen) atoms. The van der Waals surface area contributed by atoms with Gasteiger partial charge in [-0.3, -0.25) is 0 Å². The number of nitrogens with zero attached hydrogens (tertiary/aromatic N) is 1. The number of hydrogen-bond donors (Lipinski definition) is 2. The van der Waals surface area contributed by atoms with Crippen LogP contribution in [0.25, 0.3) is 0 Å². The summed E-state index contributed by atoms with van der Waals surface area (Å²) < 4.78 is 0. The number of hydrogen-bond acceptors (Lipinski definition) is 4. The van der Waals surface area contributed by atoms with Crippen LogP contribution >= 0.6 is 23.6 Å². The molecule has 0 fully saturated rings. The van der Waals surface area contributed by atoms with E-state index in [1.54, 1.807) is 17.5 Å². The average molecular weight is 277 g/mol. The smallest absolute Gasteiger partial charge is 0.136 e. The lowest BCUT2D eigenvalue weighted by Crippen LogP contribution is -2.22. The van der Waals surface area contributed by atoms with Crippen LogP contribution in [0.4, 0.5) is 5.82 Å². The molecule has 0 radical (unpaired) electrons. The molecule has 2 rings (SSSR count). The summed E-state index contributed by atoms with van der Waals surface area (Å²) in [6.07, 6.45) is 2.70. The maximum atomic E-state index is 5.68. The third-order valence-electron chi connectivity index (χ3n) is 2.54. The van der Waals surface area contributed by atoms with Gasteiger partial charge in [-0.05, 0) is 30.5 Å². The van der Waals surface area contributed by atoms with Crippen LogP contribution in [0.2, 0.25) is 0 Å². The van der Waals surface area contributed by atoms with Crippen molar-refractivity contribution in [2.45, 2.75) is 19.4 Å². The predicted octanol–water partition coefficient (Wildman–Crippen LogP) is 2.82. The summed E-state index contributed by atoms with van der Waals surface area (Å²) in [6.45, 7) is 2.12. The topological polar surface area (TPSA) is 50.9 Å². The van der Waals surface area contributed by atoms with E-state index in [1.165, 1.54) is 4.88 Å². The Labute approximate surface area is 116 Å². The summed E-state index contributed by atoms with van der Waals surface area (Å²) in [5.41, 5.74) is 6.48. The molecule has 0 aliphatic rings. The highest BCUT2D eigenvalue weighted by Crippen LogP contribution is 2.16. The Morgan fingerprint density at radius 2 is 2.33 bits per heavy atom. The first-order chi connectivity index (χ1) is 8.66. The number of aromatic nitrogens is 1. The minimum Gasteiger partial charge on any atom is -0.389 e. The average Bonchev–Trinajstić information content (AvgIpc) is 2.82. The fourth-order valence-electron chi connectivity index (χ4n) is 1.73. The molecule has 3 nitrogen and oxygen atoms in total. The Hall–Kier alpha value is -1.46. The van der Waals surface area contributed by atoms with Crippen LogP contribution in [0.3, 0.4) is 0 Å². The number of thiocarbonyl (C=S) groups is 1. The van der Waals surface area contributed by atoms with Gasteiger partial charge in [-0.2, -0.15) is 0 Å². The maximum absolute atomic E-state index is 5.68. The second-order valence-electron chi connectivity index (χ2n) is 4.09. The molecule has 5 heteroatoms. The van der Waals surface area contributed by atoms with Gasteiger partial charge in [0.2, 0.25) is 0 Å². The minimum absolute atomic E-state index is 0.284. The van der Waals surface area contributed by atoms with Crippen LogP contribution in [-0.2, 0) is 6.42 Å². The lowest BCUT2D eigenvalue weighted by atomic mass is 10.2. The summed E-state index contributed by atoms with van der Waals surface area (Å²) in [5, 5.41) is 5.44. The normalized spacial score (nSPS) is 12.1. The van der Waals surface area contributed by atoms with Crippen molar-refractivity contribution in [3.63, 3.8) is 0 Å². The third-order valence-corrected chi connectivity index (χ3v) is 3.66. The van der Waals surface area contributed by atoms with Crippen molar-refractivity contribution in [1.82, 2.24) is 4.98 Å². The Bertz CT molecular complexity index is 523. The predicted molar refractivity (Wildman–Crippen MR) is 81.2 cm³/mol. The highest BCUT2D eigenvalue weighted by molar-refractivity contribution is 7.80. The first-order valence-corrected chi connectivity index (χ1v) is 6.99. The van der Waals surface area contributed by atoms with Crippen LogP contribution in [0, 0.1) is 0 Å². The molecule has 2 aromatic rings. The number of anilines is 1. The first kappa shape index (κ1) is 13.0. The van der Waals surface area contributed by atoms with Crippen molar-refractivity contribution in [2.75, 3.05) is 5.32 Å². The molecule has 3 N–H and O–H groups in total. The van der Waals surface area contributed by atoms with Crippen molar-refractivity contribution < 1.29 is 0 Å². The first-order valence-electron chi connectivity index (χ1n) is 5.70. The van der Waals surface area contributed by atoms with Crippen LogP contribution < -0.4 is 11.1 Å². The van der Waals surface area contributed by atoms with Crippen molar-refractivity contribution in [3.05, 3.63) is 46.3 Å². The van der Waals surface area contributed by atoms with Gasteiger partial charge in [-0.1, -0.05) is 18.3 Å².